The Hall–Kier alpha value is -2.02. The minimum absolute atomic E-state index is 0.128. The Morgan fingerprint density at radius 2 is 2.00 bits per heavy atom. The third-order valence-corrected chi connectivity index (χ3v) is 3.58. The van der Waals surface area contributed by atoms with Gasteiger partial charge in [-0.25, -0.2) is 4.98 Å². The van der Waals surface area contributed by atoms with Crippen LogP contribution >= 0.6 is 0 Å². The standard InChI is InChI=1S/C16H19F3N2O2/c1-4-15(3,22)9-20-12-8-10(2)21-14-11(12)6-5-7-13(14)23-16(17,18)19/h5-8,22H,4,9H2,1-3H3,(H,20,21)/t15-/m0/s1. The summed E-state index contributed by atoms with van der Waals surface area (Å²) in [6, 6.07) is 6.09. The zero-order valence-electron chi connectivity index (χ0n) is 13.2. The summed E-state index contributed by atoms with van der Waals surface area (Å²) < 4.78 is 41.6. The van der Waals surface area contributed by atoms with E-state index in [0.717, 1.165) is 0 Å². The monoisotopic (exact) mass is 328 g/mol. The molecule has 0 aliphatic rings. The number of pyridine rings is 1. The number of hydrogen-bond donors (Lipinski definition) is 2. The molecule has 0 aliphatic heterocycles. The lowest BCUT2D eigenvalue weighted by Crippen LogP contribution is -2.32. The fourth-order valence-corrected chi connectivity index (χ4v) is 2.11. The zero-order chi connectivity index (χ0) is 17.3. The van der Waals surface area contributed by atoms with Gasteiger partial charge in [-0.2, -0.15) is 0 Å². The van der Waals surface area contributed by atoms with Crippen LogP contribution in [-0.4, -0.2) is 28.6 Å². The van der Waals surface area contributed by atoms with Gasteiger partial charge in [-0.3, -0.25) is 0 Å². The number of aromatic nitrogens is 1. The second kappa shape index (κ2) is 6.23. The summed E-state index contributed by atoms with van der Waals surface area (Å²) in [5, 5.41) is 13.7. The summed E-state index contributed by atoms with van der Waals surface area (Å²) in [7, 11) is 0. The van der Waals surface area contributed by atoms with Crippen molar-refractivity contribution in [1.29, 1.82) is 0 Å². The Morgan fingerprint density at radius 1 is 1.30 bits per heavy atom. The van der Waals surface area contributed by atoms with Crippen molar-refractivity contribution < 1.29 is 23.0 Å². The van der Waals surface area contributed by atoms with Gasteiger partial charge in [-0.1, -0.05) is 19.1 Å². The van der Waals surface area contributed by atoms with E-state index >= 15 is 0 Å². The first-order valence-corrected chi connectivity index (χ1v) is 7.24. The normalized spacial score (nSPS) is 14.6. The van der Waals surface area contributed by atoms with E-state index in [0.29, 0.717) is 23.2 Å². The Morgan fingerprint density at radius 3 is 2.61 bits per heavy atom. The third-order valence-electron chi connectivity index (χ3n) is 3.58. The van der Waals surface area contributed by atoms with Crippen LogP contribution in [0.3, 0.4) is 0 Å². The molecular formula is C16H19F3N2O2. The molecule has 0 saturated heterocycles. The third kappa shape index (κ3) is 4.48. The number of para-hydroxylation sites is 1. The number of anilines is 1. The average Bonchev–Trinajstić information content (AvgIpc) is 2.44. The van der Waals surface area contributed by atoms with Crippen LogP contribution in [0.4, 0.5) is 18.9 Å². The van der Waals surface area contributed by atoms with Crippen molar-refractivity contribution in [3.8, 4) is 5.75 Å². The van der Waals surface area contributed by atoms with Crippen molar-refractivity contribution in [2.45, 2.75) is 39.2 Å². The first kappa shape index (κ1) is 17.3. The summed E-state index contributed by atoms with van der Waals surface area (Å²) in [4.78, 5) is 4.16. The van der Waals surface area contributed by atoms with Crippen LogP contribution in [-0.2, 0) is 0 Å². The lowest BCUT2D eigenvalue weighted by atomic mass is 10.0. The second-order valence-electron chi connectivity index (χ2n) is 5.72. The van der Waals surface area contributed by atoms with E-state index in [4.69, 9.17) is 0 Å². The number of halogens is 3. The van der Waals surface area contributed by atoms with Crippen molar-refractivity contribution in [3.63, 3.8) is 0 Å². The Labute approximate surface area is 132 Å². The fourth-order valence-electron chi connectivity index (χ4n) is 2.11. The zero-order valence-corrected chi connectivity index (χ0v) is 13.2. The van der Waals surface area contributed by atoms with Gasteiger partial charge in [0.25, 0.3) is 0 Å². The van der Waals surface area contributed by atoms with Gasteiger partial charge < -0.3 is 15.2 Å². The quantitative estimate of drug-likeness (QED) is 0.870. The van der Waals surface area contributed by atoms with Crippen LogP contribution in [0.2, 0.25) is 0 Å². The number of nitrogens with zero attached hydrogens (tertiary/aromatic N) is 1. The van der Waals surface area contributed by atoms with Crippen molar-refractivity contribution in [3.05, 3.63) is 30.0 Å². The molecule has 0 spiro atoms. The van der Waals surface area contributed by atoms with E-state index in [2.05, 4.69) is 15.0 Å². The average molecular weight is 328 g/mol. The molecule has 0 bridgehead atoms. The lowest BCUT2D eigenvalue weighted by Gasteiger charge is -2.23. The maximum absolute atomic E-state index is 12.5. The van der Waals surface area contributed by atoms with Gasteiger partial charge in [-0.15, -0.1) is 13.2 Å². The number of benzene rings is 1. The van der Waals surface area contributed by atoms with Crippen LogP contribution in [0.1, 0.15) is 26.0 Å². The summed E-state index contributed by atoms with van der Waals surface area (Å²) >= 11 is 0. The van der Waals surface area contributed by atoms with Crippen LogP contribution in [0.25, 0.3) is 10.9 Å². The fraction of sp³-hybridized carbons (Fsp3) is 0.438. The van der Waals surface area contributed by atoms with Gasteiger partial charge in [0.05, 0.1) is 5.60 Å². The molecule has 0 amide bonds. The highest BCUT2D eigenvalue weighted by molar-refractivity contribution is 5.95. The number of aliphatic hydroxyl groups is 1. The molecule has 1 heterocycles. The molecule has 0 radical (unpaired) electrons. The predicted molar refractivity (Wildman–Crippen MR) is 82.6 cm³/mol. The predicted octanol–water partition coefficient (Wildman–Crippen LogP) is 4.01. The van der Waals surface area contributed by atoms with E-state index < -0.39 is 12.0 Å². The van der Waals surface area contributed by atoms with E-state index in [1.54, 1.807) is 26.0 Å². The molecule has 0 fully saturated rings. The van der Waals surface area contributed by atoms with E-state index in [9.17, 15) is 18.3 Å². The maximum atomic E-state index is 12.5. The lowest BCUT2D eigenvalue weighted by molar-refractivity contribution is -0.274. The number of nitrogens with one attached hydrogen (secondary N) is 1. The minimum atomic E-state index is -4.78. The largest absolute Gasteiger partial charge is 0.573 e. The van der Waals surface area contributed by atoms with Gasteiger partial charge >= 0.3 is 6.36 Å². The van der Waals surface area contributed by atoms with E-state index in [1.807, 2.05) is 6.92 Å². The Bertz CT molecular complexity index is 700. The SMILES string of the molecule is CC[C@](C)(O)CNc1cc(C)nc2c(OC(F)(F)F)cccc12. The number of fused-ring (bicyclic) bond motifs is 1. The summed E-state index contributed by atoms with van der Waals surface area (Å²) in [5.74, 6) is -0.344. The molecule has 1 aromatic heterocycles. The van der Waals surface area contributed by atoms with Crippen molar-refractivity contribution in [1.82, 2.24) is 4.98 Å². The first-order valence-electron chi connectivity index (χ1n) is 7.24. The highest BCUT2D eigenvalue weighted by atomic mass is 19.4. The topological polar surface area (TPSA) is 54.4 Å². The van der Waals surface area contributed by atoms with E-state index in [-0.39, 0.29) is 17.8 Å². The van der Waals surface area contributed by atoms with Crippen molar-refractivity contribution in [2.24, 2.45) is 0 Å². The summed E-state index contributed by atoms with van der Waals surface area (Å²) in [5.41, 5.74) is 0.371. The second-order valence-corrected chi connectivity index (χ2v) is 5.72. The molecule has 2 aromatic rings. The van der Waals surface area contributed by atoms with Crippen LogP contribution in [0.15, 0.2) is 24.3 Å². The number of alkyl halides is 3. The van der Waals surface area contributed by atoms with Crippen LogP contribution < -0.4 is 10.1 Å². The van der Waals surface area contributed by atoms with E-state index in [1.165, 1.54) is 12.1 Å². The summed E-state index contributed by atoms with van der Waals surface area (Å²) in [6.07, 6.45) is -4.23. The van der Waals surface area contributed by atoms with Crippen molar-refractivity contribution >= 4 is 16.6 Å². The van der Waals surface area contributed by atoms with Gasteiger partial charge in [0, 0.05) is 23.3 Å². The number of aryl methyl sites for hydroxylation is 1. The van der Waals surface area contributed by atoms with Gasteiger partial charge in [0.2, 0.25) is 0 Å². The number of hydrogen-bond acceptors (Lipinski definition) is 4. The highest BCUT2D eigenvalue weighted by Crippen LogP contribution is 2.33. The molecule has 0 saturated carbocycles. The van der Waals surface area contributed by atoms with Crippen LogP contribution in [0, 0.1) is 6.92 Å². The molecule has 7 heteroatoms. The van der Waals surface area contributed by atoms with Crippen molar-refractivity contribution in [2.75, 3.05) is 11.9 Å². The molecule has 1 aromatic carbocycles. The van der Waals surface area contributed by atoms with Crippen LogP contribution in [0.5, 0.6) is 5.75 Å². The molecule has 0 unspecified atom stereocenters. The maximum Gasteiger partial charge on any atom is 0.573 e. The molecule has 2 rings (SSSR count). The Kier molecular flexibility index (Phi) is 4.70. The van der Waals surface area contributed by atoms with Gasteiger partial charge in [0.15, 0.2) is 5.75 Å². The first-order chi connectivity index (χ1) is 10.6. The number of rotatable bonds is 5. The molecular weight excluding hydrogens is 309 g/mol. The molecule has 4 nitrogen and oxygen atoms in total. The molecule has 1 atom stereocenters. The Balaban J connectivity index is 2.44. The molecule has 0 aliphatic carbocycles. The molecule has 2 N–H and O–H groups in total. The highest BCUT2D eigenvalue weighted by Gasteiger charge is 2.32. The number of ether oxygens (including phenoxy) is 1. The smallest absolute Gasteiger partial charge is 0.403 e. The molecule has 126 valence electrons. The van der Waals surface area contributed by atoms with Gasteiger partial charge in [-0.05, 0) is 32.4 Å². The minimum Gasteiger partial charge on any atom is -0.403 e. The van der Waals surface area contributed by atoms with Gasteiger partial charge in [0.1, 0.15) is 5.52 Å². The summed E-state index contributed by atoms with van der Waals surface area (Å²) in [6.45, 7) is 5.50. The molecule has 23 heavy (non-hydrogen) atoms.